The smallest absolute Gasteiger partial charge is 0.432 e. The van der Waals surface area contributed by atoms with Crippen molar-refractivity contribution in [1.82, 2.24) is 15.0 Å². The summed E-state index contributed by atoms with van der Waals surface area (Å²) in [4.78, 5) is 53.8. The van der Waals surface area contributed by atoms with Crippen LogP contribution < -0.4 is 4.74 Å². The van der Waals surface area contributed by atoms with Crippen LogP contribution in [-0.4, -0.2) is 83.8 Å². The van der Waals surface area contributed by atoms with Gasteiger partial charge in [-0.05, 0) is 45.9 Å². The minimum atomic E-state index is -1.96. The molecule has 14 heteroatoms. The SMILES string of the molecule is CCOC(=O)N1N=C(OCC)[C@]23C(=O)c4cc(Br)ccc4O[C@H]2N(C(=O)OCC)N(C(=O)OCC)[C@H]13. The second-order valence-electron chi connectivity index (χ2n) is 7.65. The Labute approximate surface area is 214 Å². The third-order valence-electron chi connectivity index (χ3n) is 5.71. The molecule has 36 heavy (non-hydrogen) atoms. The van der Waals surface area contributed by atoms with Crippen LogP contribution in [0, 0.1) is 5.41 Å². The maximum atomic E-state index is 14.3. The highest BCUT2D eigenvalue weighted by molar-refractivity contribution is 9.10. The van der Waals surface area contributed by atoms with E-state index in [2.05, 4.69) is 21.0 Å². The van der Waals surface area contributed by atoms with Gasteiger partial charge in [0, 0.05) is 4.47 Å². The van der Waals surface area contributed by atoms with E-state index >= 15 is 0 Å². The van der Waals surface area contributed by atoms with E-state index < -0.39 is 41.9 Å². The zero-order valence-corrected chi connectivity index (χ0v) is 21.6. The molecule has 13 nitrogen and oxygen atoms in total. The van der Waals surface area contributed by atoms with E-state index in [0.717, 1.165) is 15.0 Å². The van der Waals surface area contributed by atoms with E-state index in [1.807, 2.05) is 0 Å². The molecule has 3 atom stereocenters. The zero-order chi connectivity index (χ0) is 26.2. The Morgan fingerprint density at radius 2 is 1.58 bits per heavy atom. The molecule has 0 N–H and O–H groups in total. The number of amides is 3. The molecule has 0 unspecified atom stereocenters. The molecule has 3 aliphatic heterocycles. The van der Waals surface area contributed by atoms with Gasteiger partial charge in [0.2, 0.25) is 17.5 Å². The molecule has 1 aromatic carbocycles. The third-order valence-corrected chi connectivity index (χ3v) is 6.21. The monoisotopic (exact) mass is 568 g/mol. The lowest BCUT2D eigenvalue weighted by Crippen LogP contribution is -2.59. The van der Waals surface area contributed by atoms with Crippen molar-refractivity contribution in [3.05, 3.63) is 28.2 Å². The second kappa shape index (κ2) is 9.84. The van der Waals surface area contributed by atoms with E-state index in [1.165, 1.54) is 6.07 Å². The Morgan fingerprint density at radius 1 is 0.972 bits per heavy atom. The minimum Gasteiger partial charge on any atom is -0.479 e. The zero-order valence-electron chi connectivity index (χ0n) is 20.1. The number of carbonyl (C=O) groups is 4. The van der Waals surface area contributed by atoms with Crippen LogP contribution in [0.4, 0.5) is 14.4 Å². The largest absolute Gasteiger partial charge is 0.479 e. The summed E-state index contributed by atoms with van der Waals surface area (Å²) < 4.78 is 28.1. The third kappa shape index (κ3) is 3.62. The summed E-state index contributed by atoms with van der Waals surface area (Å²) in [5.41, 5.74) is -1.82. The first kappa shape index (κ1) is 25.5. The molecule has 1 spiro atoms. The van der Waals surface area contributed by atoms with Gasteiger partial charge in [0.25, 0.3) is 0 Å². The number of halogens is 1. The number of nitrogens with zero attached hydrogens (tertiary/aromatic N) is 4. The highest BCUT2D eigenvalue weighted by Crippen LogP contribution is 2.55. The number of fused-ring (bicyclic) bond motifs is 1. The summed E-state index contributed by atoms with van der Waals surface area (Å²) >= 11 is 3.35. The Balaban J connectivity index is 2.01. The van der Waals surface area contributed by atoms with Gasteiger partial charge in [-0.3, -0.25) is 4.79 Å². The number of hydrogen-bond acceptors (Lipinski definition) is 10. The van der Waals surface area contributed by atoms with E-state index in [9.17, 15) is 19.2 Å². The average molecular weight is 569 g/mol. The van der Waals surface area contributed by atoms with Crippen LogP contribution >= 0.6 is 15.9 Å². The molecule has 0 bridgehead atoms. The molecule has 194 valence electrons. The Bertz CT molecular complexity index is 1130. The van der Waals surface area contributed by atoms with Gasteiger partial charge in [-0.25, -0.2) is 14.4 Å². The molecular weight excluding hydrogens is 544 g/mol. The van der Waals surface area contributed by atoms with Gasteiger partial charge in [0.1, 0.15) is 5.75 Å². The normalized spacial score (nSPS) is 23.8. The lowest BCUT2D eigenvalue weighted by atomic mass is 9.75. The van der Waals surface area contributed by atoms with Crippen molar-refractivity contribution in [3.63, 3.8) is 0 Å². The predicted molar refractivity (Wildman–Crippen MR) is 125 cm³/mol. The van der Waals surface area contributed by atoms with Crippen LogP contribution in [-0.2, 0) is 18.9 Å². The van der Waals surface area contributed by atoms with Crippen molar-refractivity contribution in [2.45, 2.75) is 40.1 Å². The molecule has 3 aliphatic rings. The molecule has 1 aromatic rings. The van der Waals surface area contributed by atoms with E-state index in [4.69, 9.17) is 23.7 Å². The van der Waals surface area contributed by atoms with Gasteiger partial charge in [0.15, 0.2) is 11.9 Å². The number of carbonyl (C=O) groups excluding carboxylic acids is 4. The summed E-state index contributed by atoms with van der Waals surface area (Å²) in [6, 6.07) is 4.74. The van der Waals surface area contributed by atoms with Crippen LogP contribution in [0.25, 0.3) is 0 Å². The molecule has 0 saturated carbocycles. The van der Waals surface area contributed by atoms with Gasteiger partial charge in [-0.2, -0.15) is 15.0 Å². The highest BCUT2D eigenvalue weighted by Gasteiger charge is 2.78. The Morgan fingerprint density at radius 3 is 2.19 bits per heavy atom. The molecule has 3 heterocycles. The number of ether oxygens (including phenoxy) is 5. The maximum absolute atomic E-state index is 14.3. The van der Waals surface area contributed by atoms with Crippen molar-refractivity contribution < 1.29 is 42.9 Å². The quantitative estimate of drug-likeness (QED) is 0.500. The summed E-state index contributed by atoms with van der Waals surface area (Å²) in [7, 11) is 0. The van der Waals surface area contributed by atoms with Gasteiger partial charge in [-0.15, -0.1) is 5.10 Å². The van der Waals surface area contributed by atoms with Crippen LogP contribution in [0.3, 0.4) is 0 Å². The van der Waals surface area contributed by atoms with E-state index in [0.29, 0.717) is 4.47 Å². The number of benzene rings is 1. The number of ketones is 1. The van der Waals surface area contributed by atoms with Gasteiger partial charge in [0.05, 0.1) is 32.0 Å². The first-order chi connectivity index (χ1) is 17.3. The molecule has 0 aliphatic carbocycles. The second-order valence-corrected chi connectivity index (χ2v) is 8.57. The summed E-state index contributed by atoms with van der Waals surface area (Å²) in [5, 5.41) is 6.67. The number of hydrazone groups is 1. The summed E-state index contributed by atoms with van der Waals surface area (Å²) in [5.74, 6) is -0.645. The number of hydrogen-bond donors (Lipinski definition) is 0. The molecule has 3 amide bonds. The van der Waals surface area contributed by atoms with Crippen molar-refractivity contribution in [3.8, 4) is 5.75 Å². The molecule has 4 rings (SSSR count). The van der Waals surface area contributed by atoms with Gasteiger partial charge < -0.3 is 23.7 Å². The summed E-state index contributed by atoms with van der Waals surface area (Å²) in [6.45, 7) is 6.35. The van der Waals surface area contributed by atoms with Crippen molar-refractivity contribution in [2.24, 2.45) is 10.5 Å². The van der Waals surface area contributed by atoms with Gasteiger partial charge >= 0.3 is 18.3 Å². The predicted octanol–water partition coefficient (Wildman–Crippen LogP) is 3.33. The fourth-order valence-electron chi connectivity index (χ4n) is 4.45. The Kier molecular flexibility index (Phi) is 6.98. The van der Waals surface area contributed by atoms with E-state index in [1.54, 1.807) is 39.8 Å². The first-order valence-corrected chi connectivity index (χ1v) is 12.2. The Hall–Kier alpha value is -3.55. The lowest BCUT2D eigenvalue weighted by Gasteiger charge is -2.37. The molecule has 0 aromatic heterocycles. The molecular formula is C22H25BrN4O9. The van der Waals surface area contributed by atoms with Crippen LogP contribution in [0.15, 0.2) is 27.8 Å². The fraction of sp³-hybridized carbons (Fsp3) is 0.500. The van der Waals surface area contributed by atoms with Crippen LogP contribution in [0.5, 0.6) is 5.75 Å². The van der Waals surface area contributed by atoms with Crippen LogP contribution in [0.1, 0.15) is 38.1 Å². The number of hydrazine groups is 1. The average Bonchev–Trinajstić information content (AvgIpc) is 3.32. The molecule has 0 radical (unpaired) electrons. The summed E-state index contributed by atoms with van der Waals surface area (Å²) in [6.07, 6.45) is -6.06. The lowest BCUT2D eigenvalue weighted by molar-refractivity contribution is -0.0789. The minimum absolute atomic E-state index is 0.0147. The maximum Gasteiger partial charge on any atom is 0.432 e. The molecule has 1 saturated heterocycles. The van der Waals surface area contributed by atoms with Crippen molar-refractivity contribution >= 4 is 45.9 Å². The number of Topliss-reactive ketones (excluding diaryl/α,β-unsaturated/α-hetero) is 1. The van der Waals surface area contributed by atoms with Gasteiger partial charge in [-0.1, -0.05) is 15.9 Å². The first-order valence-electron chi connectivity index (χ1n) is 11.4. The molecule has 1 fully saturated rings. The fourth-order valence-corrected chi connectivity index (χ4v) is 4.81. The number of rotatable bonds is 4. The standard InChI is InChI=1S/C22H25BrN4O9/c1-5-32-16-22-15(28)13-11-12(23)9-10-14(13)36-18(22)27(21(31)35-8-4)26(20(30)34-7-3)17(22)25(24-16)19(29)33-6-2/h9-11,17-18H,5-8H2,1-4H3/t17-,18+,22-/m0/s1. The van der Waals surface area contributed by atoms with E-state index in [-0.39, 0.29) is 43.6 Å². The van der Waals surface area contributed by atoms with Crippen molar-refractivity contribution in [2.75, 3.05) is 26.4 Å². The van der Waals surface area contributed by atoms with Crippen LogP contribution in [0.2, 0.25) is 0 Å². The topological polar surface area (TPSA) is 137 Å². The van der Waals surface area contributed by atoms with Crippen molar-refractivity contribution in [1.29, 1.82) is 0 Å². The highest BCUT2D eigenvalue weighted by atomic mass is 79.9.